The maximum absolute atomic E-state index is 11.8. The molecule has 5 nitrogen and oxygen atoms in total. The van der Waals surface area contributed by atoms with Gasteiger partial charge in [0.15, 0.2) is 0 Å². The zero-order valence-electron chi connectivity index (χ0n) is 17.6. The molecule has 3 aromatic rings. The van der Waals surface area contributed by atoms with E-state index in [1.807, 2.05) is 32.1 Å². The minimum Gasteiger partial charge on any atom is -0.481 e. The first-order chi connectivity index (χ1) is 14.1. The van der Waals surface area contributed by atoms with Gasteiger partial charge in [0.2, 0.25) is 5.88 Å². The van der Waals surface area contributed by atoms with Gasteiger partial charge in [-0.1, -0.05) is 62.4 Å². The van der Waals surface area contributed by atoms with E-state index in [2.05, 4.69) is 53.1 Å². The summed E-state index contributed by atoms with van der Waals surface area (Å²) in [4.78, 5) is 19.8. The number of carbonyl (C=O) groups is 1. The summed E-state index contributed by atoms with van der Waals surface area (Å²) in [5, 5.41) is 2.79. The van der Waals surface area contributed by atoms with Crippen LogP contribution >= 0.6 is 0 Å². The third kappa shape index (κ3) is 8.84. The van der Waals surface area contributed by atoms with Gasteiger partial charge in [-0.2, -0.15) is 0 Å². The highest BCUT2D eigenvalue weighted by Crippen LogP contribution is 2.07. The topological polar surface area (TPSA) is 64.1 Å². The summed E-state index contributed by atoms with van der Waals surface area (Å²) in [5.41, 5.74) is 3.92. The maximum Gasteiger partial charge on any atom is 0.253 e. The lowest BCUT2D eigenvalue weighted by Gasteiger charge is -2.05. The SMILES string of the molecule is C=Cc1ccc(C)cc1.CC.COc1ccc(C(=O)NCc2cccnc2)cn1. The summed E-state index contributed by atoms with van der Waals surface area (Å²) in [5.74, 6) is 0.313. The Morgan fingerprint density at radius 3 is 2.34 bits per heavy atom. The third-order valence-corrected chi connectivity index (χ3v) is 3.70. The van der Waals surface area contributed by atoms with Gasteiger partial charge in [0.05, 0.1) is 12.7 Å². The molecule has 2 aromatic heterocycles. The zero-order valence-corrected chi connectivity index (χ0v) is 17.6. The smallest absolute Gasteiger partial charge is 0.253 e. The van der Waals surface area contributed by atoms with Crippen LogP contribution < -0.4 is 10.1 Å². The van der Waals surface area contributed by atoms with Gasteiger partial charge in [0, 0.05) is 31.2 Å². The summed E-state index contributed by atoms with van der Waals surface area (Å²) in [7, 11) is 1.53. The Labute approximate surface area is 173 Å². The van der Waals surface area contributed by atoms with Crippen LogP contribution in [0.3, 0.4) is 0 Å². The second kappa shape index (κ2) is 13.7. The summed E-state index contributed by atoms with van der Waals surface area (Å²) in [6.07, 6.45) is 6.74. The molecule has 1 amide bonds. The Morgan fingerprint density at radius 2 is 1.83 bits per heavy atom. The third-order valence-electron chi connectivity index (χ3n) is 3.70. The molecule has 1 aromatic carbocycles. The summed E-state index contributed by atoms with van der Waals surface area (Å²) in [6, 6.07) is 15.3. The van der Waals surface area contributed by atoms with E-state index in [4.69, 9.17) is 4.74 Å². The van der Waals surface area contributed by atoms with Crippen LogP contribution in [0.2, 0.25) is 0 Å². The van der Waals surface area contributed by atoms with E-state index in [0.717, 1.165) is 5.56 Å². The Kier molecular flexibility index (Phi) is 11.1. The van der Waals surface area contributed by atoms with Crippen molar-refractivity contribution in [1.82, 2.24) is 15.3 Å². The molecule has 2 heterocycles. The second-order valence-corrected chi connectivity index (χ2v) is 5.75. The Bertz CT molecular complexity index is 846. The monoisotopic (exact) mass is 391 g/mol. The summed E-state index contributed by atoms with van der Waals surface area (Å²) in [6.45, 7) is 10.2. The predicted octanol–water partition coefficient (Wildman–Crippen LogP) is 5.08. The van der Waals surface area contributed by atoms with Crippen molar-refractivity contribution in [3.05, 3.63) is 96.0 Å². The molecule has 0 fully saturated rings. The molecule has 0 aliphatic heterocycles. The van der Waals surface area contributed by atoms with Gasteiger partial charge in [-0.15, -0.1) is 0 Å². The lowest BCUT2D eigenvalue weighted by Crippen LogP contribution is -2.22. The minimum atomic E-state index is -0.172. The number of pyridine rings is 2. The molecule has 0 radical (unpaired) electrons. The molecular weight excluding hydrogens is 362 g/mol. The van der Waals surface area contributed by atoms with E-state index >= 15 is 0 Å². The van der Waals surface area contributed by atoms with Gasteiger partial charge < -0.3 is 10.1 Å². The fourth-order valence-electron chi connectivity index (χ4n) is 2.12. The van der Waals surface area contributed by atoms with Gasteiger partial charge >= 0.3 is 0 Å². The number of methoxy groups -OCH3 is 1. The molecule has 0 unspecified atom stereocenters. The van der Waals surface area contributed by atoms with Gasteiger partial charge in [-0.25, -0.2) is 4.98 Å². The van der Waals surface area contributed by atoms with E-state index < -0.39 is 0 Å². The minimum absolute atomic E-state index is 0.172. The Morgan fingerprint density at radius 1 is 1.10 bits per heavy atom. The predicted molar refractivity (Wildman–Crippen MR) is 119 cm³/mol. The first-order valence-corrected chi connectivity index (χ1v) is 9.48. The molecule has 0 saturated carbocycles. The van der Waals surface area contributed by atoms with Crippen molar-refractivity contribution in [3.8, 4) is 5.88 Å². The summed E-state index contributed by atoms with van der Waals surface area (Å²) >= 11 is 0. The van der Waals surface area contributed by atoms with Crippen molar-refractivity contribution in [1.29, 1.82) is 0 Å². The van der Waals surface area contributed by atoms with E-state index in [1.165, 1.54) is 24.4 Å². The number of benzene rings is 1. The van der Waals surface area contributed by atoms with Gasteiger partial charge in [0.1, 0.15) is 0 Å². The number of carbonyl (C=O) groups excluding carboxylic acids is 1. The van der Waals surface area contributed by atoms with Gasteiger partial charge in [-0.3, -0.25) is 9.78 Å². The Balaban J connectivity index is 0.000000321. The van der Waals surface area contributed by atoms with Crippen molar-refractivity contribution in [2.24, 2.45) is 0 Å². The zero-order chi connectivity index (χ0) is 21.5. The lowest BCUT2D eigenvalue weighted by molar-refractivity contribution is 0.0950. The van der Waals surface area contributed by atoms with Crippen LogP contribution in [0.4, 0.5) is 0 Å². The van der Waals surface area contributed by atoms with Crippen molar-refractivity contribution < 1.29 is 9.53 Å². The number of hydrogen-bond acceptors (Lipinski definition) is 4. The van der Waals surface area contributed by atoms with Crippen LogP contribution in [-0.2, 0) is 6.54 Å². The van der Waals surface area contributed by atoms with Crippen molar-refractivity contribution >= 4 is 12.0 Å². The number of nitrogens with one attached hydrogen (secondary N) is 1. The molecule has 0 atom stereocenters. The van der Waals surface area contributed by atoms with Crippen LogP contribution in [0, 0.1) is 6.92 Å². The number of aryl methyl sites for hydroxylation is 1. The fourth-order valence-corrected chi connectivity index (χ4v) is 2.12. The van der Waals surface area contributed by atoms with Gasteiger partial charge in [-0.05, 0) is 30.2 Å². The highest BCUT2D eigenvalue weighted by Gasteiger charge is 2.05. The van der Waals surface area contributed by atoms with E-state index in [0.29, 0.717) is 18.0 Å². The second-order valence-electron chi connectivity index (χ2n) is 5.75. The quantitative estimate of drug-likeness (QED) is 0.659. The molecule has 152 valence electrons. The van der Waals surface area contributed by atoms with Crippen molar-refractivity contribution in [3.63, 3.8) is 0 Å². The molecule has 29 heavy (non-hydrogen) atoms. The van der Waals surface area contributed by atoms with E-state index in [9.17, 15) is 4.79 Å². The average Bonchev–Trinajstić information content (AvgIpc) is 2.80. The lowest BCUT2D eigenvalue weighted by atomic mass is 10.2. The van der Waals surface area contributed by atoms with Crippen molar-refractivity contribution in [2.45, 2.75) is 27.3 Å². The molecule has 0 saturated heterocycles. The van der Waals surface area contributed by atoms with E-state index in [1.54, 1.807) is 24.5 Å². The highest BCUT2D eigenvalue weighted by molar-refractivity contribution is 5.93. The molecule has 0 spiro atoms. The van der Waals surface area contributed by atoms with Crippen LogP contribution in [0.25, 0.3) is 6.08 Å². The van der Waals surface area contributed by atoms with Crippen LogP contribution in [-0.4, -0.2) is 23.0 Å². The summed E-state index contributed by atoms with van der Waals surface area (Å²) < 4.78 is 4.93. The number of amides is 1. The fraction of sp³-hybridized carbons (Fsp3) is 0.208. The average molecular weight is 392 g/mol. The van der Waals surface area contributed by atoms with Gasteiger partial charge in [0.25, 0.3) is 5.91 Å². The first-order valence-electron chi connectivity index (χ1n) is 9.48. The molecule has 0 bridgehead atoms. The largest absolute Gasteiger partial charge is 0.481 e. The molecule has 0 aliphatic carbocycles. The number of ether oxygens (including phenoxy) is 1. The number of nitrogens with zero attached hydrogens (tertiary/aromatic N) is 2. The number of rotatable bonds is 5. The van der Waals surface area contributed by atoms with Crippen molar-refractivity contribution in [2.75, 3.05) is 7.11 Å². The number of aromatic nitrogens is 2. The van der Waals surface area contributed by atoms with Crippen LogP contribution in [0.5, 0.6) is 5.88 Å². The number of hydrogen-bond donors (Lipinski definition) is 1. The van der Waals surface area contributed by atoms with Crippen LogP contribution in [0.15, 0.2) is 73.7 Å². The normalized spacial score (nSPS) is 9.10. The molecule has 1 N–H and O–H groups in total. The molecule has 3 rings (SSSR count). The van der Waals surface area contributed by atoms with Crippen LogP contribution in [0.1, 0.15) is 40.9 Å². The van der Waals surface area contributed by atoms with E-state index in [-0.39, 0.29) is 5.91 Å². The maximum atomic E-state index is 11.8. The molecule has 5 heteroatoms. The highest BCUT2D eigenvalue weighted by atomic mass is 16.5. The standard InChI is InChI=1S/C13H13N3O2.C9H10.C2H6/c1-18-12-5-4-11(9-15-12)13(17)16-8-10-3-2-6-14-7-10;1-3-9-6-4-8(2)5-7-9;1-2/h2-7,9H,8H2,1H3,(H,16,17);3-7H,1H2,2H3;1-2H3. The molecule has 0 aliphatic rings. The first kappa shape index (κ1) is 23.6. The Hall–Kier alpha value is -3.47. The molecular formula is C24H29N3O2.